The van der Waals surface area contributed by atoms with Gasteiger partial charge in [-0.2, -0.15) is 0 Å². The molecule has 0 fully saturated rings. The van der Waals surface area contributed by atoms with E-state index in [2.05, 4.69) is 44.1 Å². The van der Waals surface area contributed by atoms with Crippen molar-refractivity contribution in [2.75, 3.05) is 0 Å². The van der Waals surface area contributed by atoms with Crippen molar-refractivity contribution < 1.29 is 0 Å². The lowest BCUT2D eigenvalue weighted by atomic mass is 9.88. The number of nitrogens with zero attached hydrogens (tertiary/aromatic N) is 2. The third-order valence-electron chi connectivity index (χ3n) is 2.21. The fourth-order valence-electron chi connectivity index (χ4n) is 1.69. The Bertz CT molecular complexity index is 435. The van der Waals surface area contributed by atoms with Crippen LogP contribution >= 0.6 is 0 Å². The molecule has 2 heteroatoms. The van der Waals surface area contributed by atoms with Crippen LogP contribution in [0.1, 0.15) is 26.3 Å². The van der Waals surface area contributed by atoms with E-state index in [1.807, 2.05) is 16.9 Å². The smallest absolute Gasteiger partial charge is 0.0991 e. The lowest BCUT2D eigenvalue weighted by molar-refractivity contribution is 0.411. The zero-order valence-electron chi connectivity index (χ0n) is 8.99. The maximum Gasteiger partial charge on any atom is 0.0991 e. The molecule has 0 spiro atoms. The van der Waals surface area contributed by atoms with Crippen LogP contribution in [0.2, 0.25) is 0 Å². The first-order valence-electron chi connectivity index (χ1n) is 4.95. The lowest BCUT2D eigenvalue weighted by Crippen LogP contribution is -2.09. The Morgan fingerprint density at radius 2 is 2.14 bits per heavy atom. The number of pyridine rings is 1. The first-order valence-corrected chi connectivity index (χ1v) is 4.95. The van der Waals surface area contributed by atoms with Crippen molar-refractivity contribution in [3.63, 3.8) is 0 Å². The second kappa shape index (κ2) is 3.12. The van der Waals surface area contributed by atoms with Gasteiger partial charge in [-0.25, -0.2) is 4.98 Å². The standard InChI is InChI=1S/C12H16N2/c1-12(2,3)7-10-4-5-14-9-13-8-11(14)6-10/h4-6,8-9H,7H2,1-3H3. The highest BCUT2D eigenvalue weighted by Gasteiger charge is 2.11. The number of aromatic nitrogens is 2. The van der Waals surface area contributed by atoms with Gasteiger partial charge in [0.25, 0.3) is 0 Å². The Morgan fingerprint density at radius 3 is 2.86 bits per heavy atom. The number of rotatable bonds is 1. The summed E-state index contributed by atoms with van der Waals surface area (Å²) < 4.78 is 2.03. The van der Waals surface area contributed by atoms with Gasteiger partial charge in [-0.3, -0.25) is 0 Å². The second-order valence-electron chi connectivity index (χ2n) is 5.00. The predicted octanol–water partition coefficient (Wildman–Crippen LogP) is 2.92. The maximum atomic E-state index is 4.10. The summed E-state index contributed by atoms with van der Waals surface area (Å²) in [6.45, 7) is 6.77. The summed E-state index contributed by atoms with van der Waals surface area (Å²) in [5.41, 5.74) is 2.90. The lowest BCUT2D eigenvalue weighted by Gasteiger charge is -2.17. The summed E-state index contributed by atoms with van der Waals surface area (Å²) >= 11 is 0. The molecule has 0 N–H and O–H groups in total. The minimum Gasteiger partial charge on any atom is -0.306 e. The first-order chi connectivity index (χ1) is 6.54. The molecule has 0 radical (unpaired) electrons. The molecule has 0 aromatic carbocycles. The second-order valence-corrected chi connectivity index (χ2v) is 5.00. The molecule has 0 aliphatic rings. The van der Waals surface area contributed by atoms with Crippen molar-refractivity contribution >= 4 is 5.52 Å². The van der Waals surface area contributed by atoms with E-state index >= 15 is 0 Å². The van der Waals surface area contributed by atoms with Gasteiger partial charge in [-0.15, -0.1) is 0 Å². The Labute approximate surface area is 84.6 Å². The van der Waals surface area contributed by atoms with Gasteiger partial charge in [0.2, 0.25) is 0 Å². The molecule has 14 heavy (non-hydrogen) atoms. The van der Waals surface area contributed by atoms with E-state index < -0.39 is 0 Å². The van der Waals surface area contributed by atoms with Gasteiger partial charge in [0.05, 0.1) is 18.0 Å². The van der Waals surface area contributed by atoms with Crippen molar-refractivity contribution in [1.82, 2.24) is 9.38 Å². The molecule has 2 nitrogen and oxygen atoms in total. The van der Waals surface area contributed by atoms with Crippen LogP contribution in [0, 0.1) is 5.41 Å². The van der Waals surface area contributed by atoms with E-state index in [1.165, 1.54) is 11.1 Å². The van der Waals surface area contributed by atoms with E-state index in [0.717, 1.165) is 6.42 Å². The van der Waals surface area contributed by atoms with Crippen LogP contribution in [0.25, 0.3) is 5.52 Å². The topological polar surface area (TPSA) is 17.3 Å². The molecule has 0 unspecified atom stereocenters. The first kappa shape index (κ1) is 9.25. The van der Waals surface area contributed by atoms with Crippen molar-refractivity contribution in [2.24, 2.45) is 5.41 Å². The summed E-state index contributed by atoms with van der Waals surface area (Å²) in [4.78, 5) is 4.10. The predicted molar refractivity (Wildman–Crippen MR) is 58.4 cm³/mol. The number of hydrogen-bond donors (Lipinski definition) is 0. The van der Waals surface area contributed by atoms with Crippen LogP contribution in [0.5, 0.6) is 0 Å². The van der Waals surface area contributed by atoms with Crippen molar-refractivity contribution in [3.05, 3.63) is 36.4 Å². The average molecular weight is 188 g/mol. The minimum atomic E-state index is 0.346. The van der Waals surface area contributed by atoms with Crippen LogP contribution < -0.4 is 0 Å². The van der Waals surface area contributed by atoms with Gasteiger partial charge in [0.15, 0.2) is 0 Å². The monoisotopic (exact) mass is 188 g/mol. The normalized spacial score (nSPS) is 12.2. The third-order valence-corrected chi connectivity index (χ3v) is 2.21. The van der Waals surface area contributed by atoms with E-state index in [1.54, 1.807) is 0 Å². The van der Waals surface area contributed by atoms with E-state index in [4.69, 9.17) is 0 Å². The van der Waals surface area contributed by atoms with E-state index in [0.29, 0.717) is 5.41 Å². The zero-order valence-corrected chi connectivity index (χ0v) is 8.99. The molecular weight excluding hydrogens is 172 g/mol. The molecule has 0 aliphatic carbocycles. The molecule has 74 valence electrons. The average Bonchev–Trinajstić information content (AvgIpc) is 2.47. The molecule has 0 amide bonds. The molecule has 2 heterocycles. The molecular formula is C12H16N2. The zero-order chi connectivity index (χ0) is 10.2. The van der Waals surface area contributed by atoms with Gasteiger partial charge >= 0.3 is 0 Å². The molecule has 0 bridgehead atoms. The van der Waals surface area contributed by atoms with Crippen LogP contribution in [0.3, 0.4) is 0 Å². The highest BCUT2D eigenvalue weighted by molar-refractivity contribution is 5.46. The van der Waals surface area contributed by atoms with Crippen molar-refractivity contribution in [1.29, 1.82) is 0 Å². The summed E-state index contributed by atoms with van der Waals surface area (Å²) in [5, 5.41) is 0. The van der Waals surface area contributed by atoms with Gasteiger partial charge in [-0.1, -0.05) is 20.8 Å². The summed E-state index contributed by atoms with van der Waals surface area (Å²) in [6.07, 6.45) is 6.90. The highest BCUT2D eigenvalue weighted by Crippen LogP contribution is 2.21. The molecule has 2 aromatic rings. The van der Waals surface area contributed by atoms with Crippen molar-refractivity contribution in [2.45, 2.75) is 27.2 Å². The molecule has 2 aromatic heterocycles. The van der Waals surface area contributed by atoms with Crippen molar-refractivity contribution in [3.8, 4) is 0 Å². The summed E-state index contributed by atoms with van der Waals surface area (Å²) in [6, 6.07) is 4.37. The van der Waals surface area contributed by atoms with E-state index in [9.17, 15) is 0 Å². The number of hydrogen-bond acceptors (Lipinski definition) is 1. The molecule has 0 saturated carbocycles. The number of imidazole rings is 1. The largest absolute Gasteiger partial charge is 0.306 e. The van der Waals surface area contributed by atoms with Crippen LogP contribution in [0.15, 0.2) is 30.9 Å². The fourth-order valence-corrected chi connectivity index (χ4v) is 1.69. The Morgan fingerprint density at radius 1 is 1.36 bits per heavy atom. The van der Waals surface area contributed by atoms with Gasteiger partial charge < -0.3 is 4.40 Å². The Balaban J connectivity index is 2.35. The molecule has 0 saturated heterocycles. The van der Waals surface area contributed by atoms with Gasteiger partial charge in [0, 0.05) is 6.20 Å². The Kier molecular flexibility index (Phi) is 2.06. The molecule has 0 atom stereocenters. The van der Waals surface area contributed by atoms with Crippen LogP contribution in [0.4, 0.5) is 0 Å². The SMILES string of the molecule is CC(C)(C)Cc1ccn2cncc2c1. The van der Waals surface area contributed by atoms with E-state index in [-0.39, 0.29) is 0 Å². The maximum absolute atomic E-state index is 4.10. The summed E-state index contributed by atoms with van der Waals surface area (Å²) in [5.74, 6) is 0. The molecule has 2 rings (SSSR count). The quantitative estimate of drug-likeness (QED) is 0.672. The third kappa shape index (κ3) is 1.95. The minimum absolute atomic E-state index is 0.346. The Hall–Kier alpha value is -1.31. The highest BCUT2D eigenvalue weighted by atomic mass is 15.0. The number of fused-ring (bicyclic) bond motifs is 1. The van der Waals surface area contributed by atoms with Gasteiger partial charge in [0.1, 0.15) is 0 Å². The fraction of sp³-hybridized carbons (Fsp3) is 0.417. The van der Waals surface area contributed by atoms with Crippen LogP contribution in [-0.2, 0) is 6.42 Å². The van der Waals surface area contributed by atoms with Gasteiger partial charge in [-0.05, 0) is 29.5 Å². The summed E-state index contributed by atoms with van der Waals surface area (Å²) in [7, 11) is 0. The van der Waals surface area contributed by atoms with Crippen LogP contribution in [-0.4, -0.2) is 9.38 Å². The molecule has 0 aliphatic heterocycles.